The predicted molar refractivity (Wildman–Crippen MR) is 82.0 cm³/mol. The van der Waals surface area contributed by atoms with Gasteiger partial charge >= 0.3 is 0 Å². The number of benzene rings is 1. The topological polar surface area (TPSA) is 47.3 Å². The highest BCUT2D eigenvalue weighted by Crippen LogP contribution is 2.28. The number of hydrogen-bond donors (Lipinski definition) is 0. The van der Waals surface area contributed by atoms with Gasteiger partial charge in [0.25, 0.3) is 0 Å². The summed E-state index contributed by atoms with van der Waals surface area (Å²) in [5.74, 6) is 0.142. The Hall–Kier alpha value is -1.67. The smallest absolute Gasteiger partial charge is 0.242 e. The number of amides is 1. The van der Waals surface area contributed by atoms with Gasteiger partial charge in [0.15, 0.2) is 0 Å². The van der Waals surface area contributed by atoms with E-state index in [0.717, 1.165) is 36.5 Å². The van der Waals surface area contributed by atoms with Gasteiger partial charge in [0.2, 0.25) is 5.91 Å². The number of thioether (sulfide) groups is 1. The van der Waals surface area contributed by atoms with Gasteiger partial charge in [-0.2, -0.15) is 5.26 Å². The number of carbonyl (C=O) groups excluding carboxylic acids is 1. The molecule has 0 unspecified atom stereocenters. The van der Waals surface area contributed by atoms with Crippen molar-refractivity contribution < 1.29 is 4.79 Å². The van der Waals surface area contributed by atoms with Crippen LogP contribution >= 0.6 is 11.8 Å². The molecule has 0 saturated carbocycles. The zero-order valence-corrected chi connectivity index (χ0v) is 12.7. The lowest BCUT2D eigenvalue weighted by molar-refractivity contribution is -0.128. The van der Waals surface area contributed by atoms with E-state index in [9.17, 15) is 10.1 Å². The lowest BCUT2D eigenvalue weighted by Gasteiger charge is -2.24. The van der Waals surface area contributed by atoms with Crippen LogP contribution in [0.5, 0.6) is 0 Å². The third kappa shape index (κ3) is 3.07. The summed E-state index contributed by atoms with van der Waals surface area (Å²) in [6.45, 7) is 2.05. The van der Waals surface area contributed by atoms with Crippen LogP contribution in [0.2, 0.25) is 0 Å². The molecule has 0 atom stereocenters. The summed E-state index contributed by atoms with van der Waals surface area (Å²) < 4.78 is 0. The molecule has 1 saturated heterocycles. The SMILES string of the molecule is CSc1cccc(N(C)CC(=O)N2CCCC2)c1C#N. The first-order valence-electron chi connectivity index (χ1n) is 6.73. The van der Waals surface area contributed by atoms with Crippen LogP contribution in [0.1, 0.15) is 18.4 Å². The molecule has 1 aliphatic rings. The third-order valence-corrected chi connectivity index (χ3v) is 4.36. The molecule has 0 bridgehead atoms. The Kier molecular flexibility index (Phi) is 4.91. The van der Waals surface area contributed by atoms with E-state index in [1.165, 1.54) is 0 Å². The fourth-order valence-corrected chi connectivity index (χ4v) is 3.04. The second-order valence-corrected chi connectivity index (χ2v) is 5.76. The van der Waals surface area contributed by atoms with Crippen molar-refractivity contribution in [3.63, 3.8) is 0 Å². The Bertz CT molecular complexity index is 532. The van der Waals surface area contributed by atoms with Gasteiger partial charge in [-0.05, 0) is 31.2 Å². The molecule has 2 rings (SSSR count). The molecule has 1 aromatic carbocycles. The van der Waals surface area contributed by atoms with Gasteiger partial charge in [-0.3, -0.25) is 4.79 Å². The van der Waals surface area contributed by atoms with E-state index < -0.39 is 0 Å². The molecule has 1 fully saturated rings. The molecule has 106 valence electrons. The molecule has 1 aliphatic heterocycles. The van der Waals surface area contributed by atoms with Gasteiger partial charge in [-0.25, -0.2) is 0 Å². The van der Waals surface area contributed by atoms with Gasteiger partial charge in [0.1, 0.15) is 6.07 Å². The van der Waals surface area contributed by atoms with Gasteiger partial charge in [-0.1, -0.05) is 6.07 Å². The number of anilines is 1. The molecule has 0 aromatic heterocycles. The van der Waals surface area contributed by atoms with Crippen LogP contribution in [0.3, 0.4) is 0 Å². The molecule has 0 spiro atoms. The van der Waals surface area contributed by atoms with Crippen molar-refractivity contribution in [3.05, 3.63) is 23.8 Å². The summed E-state index contributed by atoms with van der Waals surface area (Å²) in [7, 11) is 1.87. The van der Waals surface area contributed by atoms with Crippen LogP contribution in [0.4, 0.5) is 5.69 Å². The van der Waals surface area contributed by atoms with Crippen molar-refractivity contribution in [2.24, 2.45) is 0 Å². The molecule has 5 heteroatoms. The van der Waals surface area contributed by atoms with Crippen molar-refractivity contribution in [2.75, 3.05) is 37.8 Å². The molecule has 1 aromatic rings. The minimum absolute atomic E-state index is 0.142. The van der Waals surface area contributed by atoms with Crippen molar-refractivity contribution in [3.8, 4) is 6.07 Å². The van der Waals surface area contributed by atoms with Gasteiger partial charge in [0.05, 0.1) is 17.8 Å². The van der Waals surface area contributed by atoms with Crippen molar-refractivity contribution >= 4 is 23.4 Å². The fourth-order valence-electron chi connectivity index (χ4n) is 2.47. The Morgan fingerprint density at radius 3 is 2.75 bits per heavy atom. The first kappa shape index (κ1) is 14.7. The van der Waals surface area contributed by atoms with E-state index in [1.807, 2.05) is 41.3 Å². The summed E-state index contributed by atoms with van der Waals surface area (Å²) in [5.41, 5.74) is 1.48. The first-order chi connectivity index (χ1) is 9.67. The van der Waals surface area contributed by atoms with E-state index in [1.54, 1.807) is 11.8 Å². The summed E-state index contributed by atoms with van der Waals surface area (Å²) >= 11 is 1.55. The summed E-state index contributed by atoms with van der Waals surface area (Å²) in [4.78, 5) is 16.9. The van der Waals surface area contributed by atoms with Crippen molar-refractivity contribution in [1.82, 2.24) is 4.90 Å². The number of hydrogen-bond acceptors (Lipinski definition) is 4. The Morgan fingerprint density at radius 1 is 1.45 bits per heavy atom. The summed E-state index contributed by atoms with van der Waals surface area (Å²) in [6.07, 6.45) is 4.15. The molecule has 20 heavy (non-hydrogen) atoms. The molecule has 1 heterocycles. The average molecular weight is 289 g/mol. The molecule has 0 aliphatic carbocycles. The molecular weight excluding hydrogens is 270 g/mol. The van der Waals surface area contributed by atoms with Crippen molar-refractivity contribution in [1.29, 1.82) is 5.26 Å². The maximum Gasteiger partial charge on any atom is 0.242 e. The first-order valence-corrected chi connectivity index (χ1v) is 7.96. The molecule has 4 nitrogen and oxygen atoms in total. The molecule has 0 N–H and O–H groups in total. The predicted octanol–water partition coefficient (Wildman–Crippen LogP) is 2.34. The second-order valence-electron chi connectivity index (χ2n) is 4.91. The van der Waals surface area contributed by atoms with Gasteiger partial charge in [0, 0.05) is 25.0 Å². The van der Waals surface area contributed by atoms with E-state index in [2.05, 4.69) is 6.07 Å². The van der Waals surface area contributed by atoms with Crippen LogP contribution in [-0.2, 0) is 4.79 Å². The number of nitriles is 1. The lowest BCUT2D eigenvalue weighted by Crippen LogP contribution is -2.37. The van der Waals surface area contributed by atoms with E-state index in [4.69, 9.17) is 0 Å². The number of rotatable bonds is 4. The number of carbonyl (C=O) groups is 1. The minimum atomic E-state index is 0.142. The quantitative estimate of drug-likeness (QED) is 0.798. The monoisotopic (exact) mass is 289 g/mol. The summed E-state index contributed by atoms with van der Waals surface area (Å²) in [5, 5.41) is 9.34. The average Bonchev–Trinajstić information content (AvgIpc) is 3.00. The van der Waals surface area contributed by atoms with Gasteiger partial charge in [-0.15, -0.1) is 11.8 Å². The highest BCUT2D eigenvalue weighted by Gasteiger charge is 2.20. The van der Waals surface area contributed by atoms with Crippen molar-refractivity contribution in [2.45, 2.75) is 17.7 Å². The number of likely N-dealkylation sites (tertiary alicyclic amines) is 1. The van der Waals surface area contributed by atoms with E-state index in [-0.39, 0.29) is 5.91 Å². The van der Waals surface area contributed by atoms with Crippen LogP contribution in [-0.4, -0.2) is 43.7 Å². The molecule has 1 amide bonds. The van der Waals surface area contributed by atoms with Crippen LogP contribution < -0.4 is 4.90 Å². The molecular formula is C15H19N3OS. The zero-order chi connectivity index (χ0) is 14.5. The highest BCUT2D eigenvalue weighted by atomic mass is 32.2. The maximum absolute atomic E-state index is 12.2. The Morgan fingerprint density at radius 2 is 2.15 bits per heavy atom. The van der Waals surface area contributed by atoms with Gasteiger partial charge < -0.3 is 9.80 Å². The summed E-state index contributed by atoms with van der Waals surface area (Å²) in [6, 6.07) is 8.01. The fraction of sp³-hybridized carbons (Fsp3) is 0.467. The normalized spacial score (nSPS) is 14.2. The second kappa shape index (κ2) is 6.67. The zero-order valence-electron chi connectivity index (χ0n) is 11.9. The van der Waals surface area contributed by atoms with E-state index in [0.29, 0.717) is 12.1 Å². The highest BCUT2D eigenvalue weighted by molar-refractivity contribution is 7.98. The third-order valence-electron chi connectivity index (χ3n) is 3.58. The minimum Gasteiger partial charge on any atom is -0.364 e. The van der Waals surface area contributed by atoms with Crippen LogP contribution in [0.25, 0.3) is 0 Å². The Balaban J connectivity index is 2.14. The lowest BCUT2D eigenvalue weighted by atomic mass is 10.2. The van der Waals surface area contributed by atoms with Crippen LogP contribution in [0, 0.1) is 11.3 Å². The largest absolute Gasteiger partial charge is 0.364 e. The van der Waals surface area contributed by atoms with Crippen LogP contribution in [0.15, 0.2) is 23.1 Å². The Labute approximate surface area is 124 Å². The van der Waals surface area contributed by atoms with E-state index >= 15 is 0 Å². The number of likely N-dealkylation sites (N-methyl/N-ethyl adjacent to an activating group) is 1. The standard InChI is InChI=1S/C15H19N3OS/c1-17(11-15(19)18-8-3-4-9-18)13-6-5-7-14(20-2)12(13)10-16/h5-7H,3-4,8-9,11H2,1-2H3. The number of nitrogens with zero attached hydrogens (tertiary/aromatic N) is 3. The maximum atomic E-state index is 12.2. The molecule has 0 radical (unpaired) electrons.